The zero-order valence-electron chi connectivity index (χ0n) is 13.6. The highest BCUT2D eigenvalue weighted by Gasteiger charge is 2.14. The average Bonchev–Trinajstić information content (AvgIpc) is 3.03. The summed E-state index contributed by atoms with van der Waals surface area (Å²) in [6, 6.07) is 19.3. The van der Waals surface area contributed by atoms with Gasteiger partial charge in [-0.1, -0.05) is 30.3 Å². The number of aromatic amines is 1. The first kappa shape index (κ1) is 15.0. The minimum atomic E-state index is 0.477. The number of ether oxygens (including phenoxy) is 2. The fourth-order valence-electron chi connectivity index (χ4n) is 2.68. The van der Waals surface area contributed by atoms with Gasteiger partial charge in [-0.3, -0.25) is 5.10 Å². The lowest BCUT2D eigenvalue weighted by Crippen LogP contribution is -1.92. The number of fused-ring (bicyclic) bond motifs is 1. The van der Waals surface area contributed by atoms with Gasteiger partial charge in [-0.2, -0.15) is 10.1 Å². The molecule has 4 aromatic rings. The van der Waals surface area contributed by atoms with Crippen LogP contribution >= 0.6 is 0 Å². The van der Waals surface area contributed by atoms with Crippen LogP contribution in [0.2, 0.25) is 0 Å². The van der Waals surface area contributed by atoms with E-state index in [0.29, 0.717) is 17.3 Å². The Balaban J connectivity index is 1.73. The van der Waals surface area contributed by atoms with Gasteiger partial charge in [0.15, 0.2) is 5.65 Å². The minimum Gasteiger partial charge on any atom is -0.481 e. The summed E-state index contributed by atoms with van der Waals surface area (Å²) in [5.74, 6) is 2.51. The summed E-state index contributed by atoms with van der Waals surface area (Å²) in [7, 11) is 1.57. The summed E-state index contributed by atoms with van der Waals surface area (Å²) in [5, 5.41) is 7.66. The van der Waals surface area contributed by atoms with E-state index in [9.17, 15) is 0 Å². The van der Waals surface area contributed by atoms with Gasteiger partial charge in [0.25, 0.3) is 0 Å². The number of methoxy groups -OCH3 is 1. The van der Waals surface area contributed by atoms with Crippen molar-refractivity contribution in [3.05, 3.63) is 60.7 Å². The first-order valence-corrected chi connectivity index (χ1v) is 7.76. The first-order chi connectivity index (χ1) is 12.2. The van der Waals surface area contributed by atoms with E-state index in [1.807, 2.05) is 60.7 Å². The number of nitrogens with one attached hydrogen (secondary N) is 1. The van der Waals surface area contributed by atoms with Crippen molar-refractivity contribution in [3.63, 3.8) is 0 Å². The fourth-order valence-corrected chi connectivity index (χ4v) is 2.68. The highest BCUT2D eigenvalue weighted by molar-refractivity contribution is 6.00. The molecular weight excluding hydrogens is 316 g/mol. The SMILES string of the molecule is COc1cc(-c2ccc(Oc3ccccc3)cc2)c2c(N)[nH]nc2n1. The zero-order valence-corrected chi connectivity index (χ0v) is 13.6. The van der Waals surface area contributed by atoms with Crippen LogP contribution in [0, 0.1) is 0 Å². The number of nitrogens with two attached hydrogens (primary N) is 1. The average molecular weight is 332 g/mol. The Labute approximate surface area is 144 Å². The second kappa shape index (κ2) is 6.16. The van der Waals surface area contributed by atoms with Crippen molar-refractivity contribution in [2.45, 2.75) is 0 Å². The third kappa shape index (κ3) is 2.85. The van der Waals surface area contributed by atoms with Crippen LogP contribution in [-0.4, -0.2) is 22.3 Å². The van der Waals surface area contributed by atoms with Crippen molar-refractivity contribution in [2.24, 2.45) is 0 Å². The molecule has 0 amide bonds. The molecule has 0 aliphatic rings. The molecule has 0 aliphatic carbocycles. The van der Waals surface area contributed by atoms with Crippen molar-refractivity contribution in [1.29, 1.82) is 0 Å². The maximum Gasteiger partial charge on any atom is 0.215 e. The van der Waals surface area contributed by atoms with Crippen molar-refractivity contribution in [3.8, 4) is 28.5 Å². The largest absolute Gasteiger partial charge is 0.481 e. The van der Waals surface area contributed by atoms with E-state index in [0.717, 1.165) is 28.0 Å². The molecule has 0 radical (unpaired) electrons. The molecule has 3 N–H and O–H groups in total. The summed E-state index contributed by atoms with van der Waals surface area (Å²) in [6.45, 7) is 0. The lowest BCUT2D eigenvalue weighted by Gasteiger charge is -2.09. The summed E-state index contributed by atoms with van der Waals surface area (Å²) >= 11 is 0. The normalized spacial score (nSPS) is 10.8. The molecule has 124 valence electrons. The van der Waals surface area contributed by atoms with Gasteiger partial charge < -0.3 is 15.2 Å². The number of aromatic nitrogens is 3. The molecule has 4 rings (SSSR count). The van der Waals surface area contributed by atoms with E-state index in [-0.39, 0.29) is 0 Å². The molecule has 2 aromatic carbocycles. The minimum absolute atomic E-state index is 0.477. The van der Waals surface area contributed by atoms with Crippen molar-refractivity contribution in [2.75, 3.05) is 12.8 Å². The lowest BCUT2D eigenvalue weighted by molar-refractivity contribution is 0.399. The van der Waals surface area contributed by atoms with Gasteiger partial charge in [0.1, 0.15) is 17.3 Å². The Morgan fingerprint density at radius 2 is 1.68 bits per heavy atom. The van der Waals surface area contributed by atoms with Crippen LogP contribution in [0.15, 0.2) is 60.7 Å². The van der Waals surface area contributed by atoms with E-state index < -0.39 is 0 Å². The van der Waals surface area contributed by atoms with E-state index in [2.05, 4.69) is 15.2 Å². The third-order valence-electron chi connectivity index (χ3n) is 3.88. The molecule has 0 saturated carbocycles. The molecule has 6 heteroatoms. The Kier molecular flexibility index (Phi) is 3.70. The Bertz CT molecular complexity index is 1010. The van der Waals surface area contributed by atoms with E-state index in [1.165, 1.54) is 0 Å². The molecule has 0 bridgehead atoms. The lowest BCUT2D eigenvalue weighted by atomic mass is 10.0. The number of hydrogen-bond donors (Lipinski definition) is 2. The monoisotopic (exact) mass is 332 g/mol. The van der Waals surface area contributed by atoms with E-state index in [4.69, 9.17) is 15.2 Å². The van der Waals surface area contributed by atoms with Crippen LogP contribution < -0.4 is 15.2 Å². The van der Waals surface area contributed by atoms with Crippen LogP contribution in [0.4, 0.5) is 5.82 Å². The highest BCUT2D eigenvalue weighted by atomic mass is 16.5. The number of benzene rings is 2. The van der Waals surface area contributed by atoms with Gasteiger partial charge in [-0.05, 0) is 29.8 Å². The molecule has 6 nitrogen and oxygen atoms in total. The quantitative estimate of drug-likeness (QED) is 0.590. The van der Waals surface area contributed by atoms with Gasteiger partial charge in [0.2, 0.25) is 5.88 Å². The van der Waals surface area contributed by atoms with Crippen LogP contribution in [0.3, 0.4) is 0 Å². The molecule has 2 heterocycles. The van der Waals surface area contributed by atoms with E-state index in [1.54, 1.807) is 7.11 Å². The van der Waals surface area contributed by atoms with Crippen LogP contribution in [-0.2, 0) is 0 Å². The number of nitrogen functional groups attached to an aromatic ring is 1. The highest BCUT2D eigenvalue weighted by Crippen LogP contribution is 2.34. The van der Waals surface area contributed by atoms with Crippen molar-refractivity contribution in [1.82, 2.24) is 15.2 Å². The van der Waals surface area contributed by atoms with Gasteiger partial charge in [-0.15, -0.1) is 0 Å². The first-order valence-electron chi connectivity index (χ1n) is 7.76. The third-order valence-corrected chi connectivity index (χ3v) is 3.88. The number of anilines is 1. The molecular formula is C19H16N4O2. The van der Waals surface area contributed by atoms with Crippen molar-refractivity contribution >= 4 is 16.9 Å². The number of hydrogen-bond acceptors (Lipinski definition) is 5. The van der Waals surface area contributed by atoms with Crippen molar-refractivity contribution < 1.29 is 9.47 Å². The Morgan fingerprint density at radius 3 is 2.40 bits per heavy atom. The number of para-hydroxylation sites is 1. The van der Waals surface area contributed by atoms with Gasteiger partial charge in [0.05, 0.1) is 12.5 Å². The summed E-state index contributed by atoms with van der Waals surface area (Å²) in [5.41, 5.74) is 8.41. The topological polar surface area (TPSA) is 86.0 Å². The molecule has 0 fully saturated rings. The Hall–Kier alpha value is -3.54. The summed E-state index contributed by atoms with van der Waals surface area (Å²) < 4.78 is 11.1. The van der Waals surface area contributed by atoms with Crippen LogP contribution in [0.1, 0.15) is 0 Å². The van der Waals surface area contributed by atoms with Crippen LogP contribution in [0.25, 0.3) is 22.2 Å². The molecule has 0 spiro atoms. The Morgan fingerprint density at radius 1 is 0.960 bits per heavy atom. The molecule has 0 unspecified atom stereocenters. The molecule has 0 saturated heterocycles. The predicted molar refractivity (Wildman–Crippen MR) is 96.8 cm³/mol. The van der Waals surface area contributed by atoms with Gasteiger partial charge in [0, 0.05) is 11.6 Å². The molecule has 2 aromatic heterocycles. The number of rotatable bonds is 4. The zero-order chi connectivity index (χ0) is 17.2. The van der Waals surface area contributed by atoms with Gasteiger partial charge >= 0.3 is 0 Å². The fraction of sp³-hybridized carbons (Fsp3) is 0.0526. The smallest absolute Gasteiger partial charge is 0.215 e. The maximum absolute atomic E-state index is 6.01. The number of nitrogens with zero attached hydrogens (tertiary/aromatic N) is 2. The van der Waals surface area contributed by atoms with E-state index >= 15 is 0 Å². The van der Waals surface area contributed by atoms with Crippen LogP contribution in [0.5, 0.6) is 17.4 Å². The number of H-pyrrole nitrogens is 1. The molecule has 0 atom stereocenters. The molecule has 25 heavy (non-hydrogen) atoms. The molecule has 0 aliphatic heterocycles. The summed E-state index contributed by atoms with van der Waals surface area (Å²) in [6.07, 6.45) is 0. The summed E-state index contributed by atoms with van der Waals surface area (Å²) in [4.78, 5) is 4.30. The maximum atomic E-state index is 6.01. The predicted octanol–water partition coefficient (Wildman–Crippen LogP) is 4.01. The standard InChI is InChI=1S/C19H16N4O2/c1-24-16-11-15(17-18(20)22-23-19(17)21-16)12-7-9-14(10-8-12)25-13-5-3-2-4-6-13/h2-11H,1H3,(H3,20,21,22,23). The second-order valence-corrected chi connectivity index (χ2v) is 5.49. The number of pyridine rings is 1. The second-order valence-electron chi connectivity index (χ2n) is 5.49. The van der Waals surface area contributed by atoms with Gasteiger partial charge in [-0.25, -0.2) is 0 Å².